The third-order valence-electron chi connectivity index (χ3n) is 5.05. The van der Waals surface area contributed by atoms with Crippen LogP contribution < -0.4 is 11.1 Å². The zero-order valence-corrected chi connectivity index (χ0v) is 12.4. The van der Waals surface area contributed by atoms with Crippen LogP contribution in [-0.4, -0.2) is 28.4 Å². The molecule has 2 heterocycles. The lowest BCUT2D eigenvalue weighted by molar-refractivity contribution is 0.293. The van der Waals surface area contributed by atoms with Gasteiger partial charge in [0.05, 0.1) is 0 Å². The average Bonchev–Trinajstić information content (AvgIpc) is 2.56. The molecule has 1 aromatic heterocycles. The van der Waals surface area contributed by atoms with E-state index in [1.807, 2.05) is 18.2 Å². The van der Waals surface area contributed by atoms with Crippen LogP contribution in [0, 0.1) is 5.92 Å². The van der Waals surface area contributed by atoms with Crippen LogP contribution in [0.2, 0.25) is 0 Å². The molecule has 5 nitrogen and oxygen atoms in total. The first kappa shape index (κ1) is 13.5. The number of phenols is 1. The smallest absolute Gasteiger partial charge is 0.149 e. The summed E-state index contributed by atoms with van der Waals surface area (Å²) in [6.45, 7) is 2.08. The standard InChI is InChI=1S/C17H20N4O/c18-17-15-11-7-8-19-9-10(11)5-6-13(15)16(20-21-17)12-3-1-2-4-14(12)22/h1-4,10-11,19,22H,5-9H2,(H2,18,21). The number of fused-ring (bicyclic) bond motifs is 3. The van der Waals surface area contributed by atoms with Crippen LogP contribution in [0.1, 0.15) is 29.9 Å². The molecular formula is C17H20N4O. The lowest BCUT2D eigenvalue weighted by Gasteiger charge is -2.38. The number of rotatable bonds is 1. The maximum Gasteiger partial charge on any atom is 0.149 e. The summed E-state index contributed by atoms with van der Waals surface area (Å²) < 4.78 is 0. The van der Waals surface area contributed by atoms with Gasteiger partial charge in [0.15, 0.2) is 0 Å². The van der Waals surface area contributed by atoms with Crippen LogP contribution in [0.3, 0.4) is 0 Å². The highest BCUT2D eigenvalue weighted by Crippen LogP contribution is 2.45. The van der Waals surface area contributed by atoms with E-state index < -0.39 is 0 Å². The normalized spacial score (nSPS) is 23.6. The first-order chi connectivity index (χ1) is 10.8. The first-order valence-electron chi connectivity index (χ1n) is 7.89. The second kappa shape index (κ2) is 5.25. The molecular weight excluding hydrogens is 276 g/mol. The fourth-order valence-electron chi connectivity index (χ4n) is 3.99. The van der Waals surface area contributed by atoms with Crippen molar-refractivity contribution in [2.45, 2.75) is 25.2 Å². The summed E-state index contributed by atoms with van der Waals surface area (Å²) in [6.07, 6.45) is 3.17. The van der Waals surface area contributed by atoms with Crippen molar-refractivity contribution in [1.29, 1.82) is 0 Å². The van der Waals surface area contributed by atoms with Gasteiger partial charge in [-0.15, -0.1) is 10.2 Å². The van der Waals surface area contributed by atoms with Crippen LogP contribution in [0.5, 0.6) is 5.75 Å². The molecule has 114 valence electrons. The predicted octanol–water partition coefficient (Wildman–Crippen LogP) is 2.07. The topological polar surface area (TPSA) is 84.1 Å². The lowest BCUT2D eigenvalue weighted by Crippen LogP contribution is -2.38. The summed E-state index contributed by atoms with van der Waals surface area (Å²) >= 11 is 0. The minimum atomic E-state index is 0.246. The maximum absolute atomic E-state index is 10.2. The summed E-state index contributed by atoms with van der Waals surface area (Å²) in [5.74, 6) is 1.90. The lowest BCUT2D eigenvalue weighted by atomic mass is 9.71. The van der Waals surface area contributed by atoms with Gasteiger partial charge in [-0.2, -0.15) is 0 Å². The molecule has 0 bridgehead atoms. The molecule has 2 unspecified atom stereocenters. The van der Waals surface area contributed by atoms with Crippen LogP contribution in [0.25, 0.3) is 11.3 Å². The van der Waals surface area contributed by atoms with Crippen molar-refractivity contribution in [2.75, 3.05) is 18.8 Å². The number of benzene rings is 1. The number of hydrogen-bond acceptors (Lipinski definition) is 5. The summed E-state index contributed by atoms with van der Waals surface area (Å²) in [4.78, 5) is 0. The highest BCUT2D eigenvalue weighted by molar-refractivity contribution is 5.72. The molecule has 0 amide bonds. The van der Waals surface area contributed by atoms with Gasteiger partial charge in [-0.1, -0.05) is 12.1 Å². The van der Waals surface area contributed by atoms with E-state index in [0.29, 0.717) is 17.7 Å². The Morgan fingerprint density at radius 1 is 1.18 bits per heavy atom. The number of aromatic hydroxyl groups is 1. The summed E-state index contributed by atoms with van der Waals surface area (Å²) in [5, 5.41) is 22.1. The van der Waals surface area contributed by atoms with E-state index in [4.69, 9.17) is 5.73 Å². The van der Waals surface area contributed by atoms with Crippen molar-refractivity contribution in [3.05, 3.63) is 35.4 Å². The highest BCUT2D eigenvalue weighted by Gasteiger charge is 2.35. The number of anilines is 1. The maximum atomic E-state index is 10.2. The largest absolute Gasteiger partial charge is 0.507 e. The summed E-state index contributed by atoms with van der Waals surface area (Å²) in [6, 6.07) is 7.31. The van der Waals surface area contributed by atoms with Gasteiger partial charge < -0.3 is 16.2 Å². The number of phenolic OH excluding ortho intramolecular Hbond substituents is 1. The predicted molar refractivity (Wildman–Crippen MR) is 85.6 cm³/mol. The van der Waals surface area contributed by atoms with Gasteiger partial charge in [-0.25, -0.2) is 0 Å². The molecule has 2 atom stereocenters. The molecule has 1 fully saturated rings. The Bertz CT molecular complexity index is 716. The molecule has 1 aliphatic heterocycles. The van der Waals surface area contributed by atoms with Crippen molar-refractivity contribution in [3.63, 3.8) is 0 Å². The molecule has 5 heteroatoms. The number of piperidine rings is 1. The van der Waals surface area contributed by atoms with Crippen LogP contribution >= 0.6 is 0 Å². The Kier molecular flexibility index (Phi) is 3.22. The molecule has 1 aliphatic carbocycles. The van der Waals surface area contributed by atoms with Crippen LogP contribution in [-0.2, 0) is 6.42 Å². The molecule has 0 saturated carbocycles. The summed E-state index contributed by atoms with van der Waals surface area (Å²) in [7, 11) is 0. The second-order valence-corrected chi connectivity index (χ2v) is 6.24. The quantitative estimate of drug-likeness (QED) is 0.750. The number of aromatic nitrogens is 2. The monoisotopic (exact) mass is 296 g/mol. The molecule has 0 spiro atoms. The van der Waals surface area contributed by atoms with Crippen LogP contribution in [0.15, 0.2) is 24.3 Å². The third-order valence-corrected chi connectivity index (χ3v) is 5.05. The Hall–Kier alpha value is -2.14. The fraction of sp³-hybridized carbons (Fsp3) is 0.412. The molecule has 22 heavy (non-hydrogen) atoms. The Balaban J connectivity index is 1.88. The van der Waals surface area contributed by atoms with Gasteiger partial charge in [0.2, 0.25) is 0 Å². The fourth-order valence-corrected chi connectivity index (χ4v) is 3.99. The number of para-hydroxylation sites is 1. The molecule has 4 N–H and O–H groups in total. The van der Waals surface area contributed by atoms with Crippen molar-refractivity contribution < 1.29 is 5.11 Å². The zero-order valence-electron chi connectivity index (χ0n) is 12.4. The zero-order chi connectivity index (χ0) is 15.1. The van der Waals surface area contributed by atoms with Gasteiger partial charge in [0.25, 0.3) is 0 Å². The SMILES string of the molecule is Nc1nnc(-c2ccccc2O)c2c1C1CCNCC1CC2. The van der Waals surface area contributed by atoms with E-state index in [1.54, 1.807) is 6.07 Å². The van der Waals surface area contributed by atoms with Gasteiger partial charge in [0, 0.05) is 11.1 Å². The van der Waals surface area contributed by atoms with E-state index in [1.165, 1.54) is 11.1 Å². The minimum Gasteiger partial charge on any atom is -0.507 e. The molecule has 2 aromatic rings. The molecule has 1 aromatic carbocycles. The van der Waals surface area contributed by atoms with Gasteiger partial charge in [-0.05, 0) is 61.9 Å². The molecule has 2 aliphatic rings. The van der Waals surface area contributed by atoms with Crippen molar-refractivity contribution in [3.8, 4) is 17.0 Å². The summed E-state index contributed by atoms with van der Waals surface area (Å²) in [5.41, 5.74) is 10.1. The van der Waals surface area contributed by atoms with Gasteiger partial charge in [0.1, 0.15) is 17.3 Å². The number of nitrogens with one attached hydrogen (secondary N) is 1. The highest BCUT2D eigenvalue weighted by atomic mass is 16.3. The van der Waals surface area contributed by atoms with Crippen molar-refractivity contribution in [1.82, 2.24) is 15.5 Å². The Morgan fingerprint density at radius 3 is 2.91 bits per heavy atom. The molecule has 1 saturated heterocycles. The Labute approximate surface area is 129 Å². The first-order valence-corrected chi connectivity index (χ1v) is 7.89. The van der Waals surface area contributed by atoms with Crippen LogP contribution in [0.4, 0.5) is 5.82 Å². The molecule has 4 rings (SSSR count). The van der Waals surface area contributed by atoms with E-state index >= 15 is 0 Å². The number of nitrogen functional groups attached to an aromatic ring is 1. The van der Waals surface area contributed by atoms with E-state index in [0.717, 1.165) is 43.6 Å². The number of hydrogen-bond donors (Lipinski definition) is 3. The van der Waals surface area contributed by atoms with Gasteiger partial charge >= 0.3 is 0 Å². The van der Waals surface area contributed by atoms with E-state index in [2.05, 4.69) is 15.5 Å². The van der Waals surface area contributed by atoms with E-state index in [-0.39, 0.29) is 5.75 Å². The minimum absolute atomic E-state index is 0.246. The number of nitrogens with two attached hydrogens (primary N) is 1. The van der Waals surface area contributed by atoms with Gasteiger partial charge in [-0.3, -0.25) is 0 Å². The van der Waals surface area contributed by atoms with Crippen molar-refractivity contribution >= 4 is 5.82 Å². The van der Waals surface area contributed by atoms with Crippen molar-refractivity contribution in [2.24, 2.45) is 5.92 Å². The van der Waals surface area contributed by atoms with E-state index in [9.17, 15) is 5.11 Å². The Morgan fingerprint density at radius 2 is 2.05 bits per heavy atom. The average molecular weight is 296 g/mol. The number of nitrogens with zero attached hydrogens (tertiary/aromatic N) is 2. The molecule has 0 radical (unpaired) electrons. The third kappa shape index (κ3) is 2.04. The second-order valence-electron chi connectivity index (χ2n) is 6.24.